The zero-order valence-corrected chi connectivity index (χ0v) is 14.0. The third kappa shape index (κ3) is 4.28. The van der Waals surface area contributed by atoms with Crippen molar-refractivity contribution in [3.63, 3.8) is 0 Å². The maximum absolute atomic E-state index is 12.1. The summed E-state index contributed by atoms with van der Waals surface area (Å²) in [6, 6.07) is 0. The molecule has 0 bridgehead atoms. The van der Waals surface area contributed by atoms with Crippen molar-refractivity contribution in [2.45, 2.75) is 51.5 Å². The Morgan fingerprint density at radius 2 is 2.00 bits per heavy atom. The number of rotatable bonds is 6. The third-order valence-corrected chi connectivity index (χ3v) is 4.70. The minimum absolute atomic E-state index is 0.00305. The highest BCUT2D eigenvalue weighted by atomic mass is 32.1. The molecule has 0 atom stereocenters. The number of nitrogens with zero attached hydrogens (tertiary/aromatic N) is 1. The molecular formula is C15H21N3O4S. The highest BCUT2D eigenvalue weighted by molar-refractivity contribution is 7.13. The molecule has 0 aliphatic heterocycles. The van der Waals surface area contributed by atoms with Crippen LogP contribution in [0, 0.1) is 5.92 Å². The average molecular weight is 339 g/mol. The Morgan fingerprint density at radius 1 is 1.35 bits per heavy atom. The van der Waals surface area contributed by atoms with Crippen molar-refractivity contribution in [2.24, 2.45) is 5.92 Å². The monoisotopic (exact) mass is 339 g/mol. The molecule has 8 heteroatoms. The van der Waals surface area contributed by atoms with Crippen molar-refractivity contribution in [2.75, 3.05) is 5.32 Å². The van der Waals surface area contributed by atoms with E-state index in [9.17, 15) is 19.5 Å². The van der Waals surface area contributed by atoms with Gasteiger partial charge >= 0.3 is 5.97 Å². The van der Waals surface area contributed by atoms with E-state index in [1.807, 2.05) is 0 Å². The number of hydrogen-bond donors (Lipinski definition) is 3. The SMILES string of the molecule is CC(C)C(=O)Nc1nc(CC(=O)NC2(C(=O)O)CCCC2)cs1. The van der Waals surface area contributed by atoms with Crippen LogP contribution in [0.25, 0.3) is 0 Å². The van der Waals surface area contributed by atoms with Crippen LogP contribution in [0.2, 0.25) is 0 Å². The molecule has 1 heterocycles. The third-order valence-electron chi connectivity index (χ3n) is 3.89. The standard InChI is InChI=1S/C15H21N3O4S/c1-9(2)12(20)17-14-16-10(8-23-14)7-11(19)18-15(13(21)22)5-3-4-6-15/h8-9H,3-7H2,1-2H3,(H,18,19)(H,21,22)(H,16,17,20). The Kier molecular flexibility index (Phi) is 5.35. The quantitative estimate of drug-likeness (QED) is 0.732. The molecule has 1 aliphatic carbocycles. The molecule has 0 unspecified atom stereocenters. The molecule has 0 aromatic carbocycles. The number of aromatic nitrogens is 1. The lowest BCUT2D eigenvalue weighted by Crippen LogP contribution is -2.52. The van der Waals surface area contributed by atoms with Crippen LogP contribution in [0.1, 0.15) is 45.2 Å². The summed E-state index contributed by atoms with van der Waals surface area (Å²) in [5, 5.41) is 16.8. The molecule has 1 aromatic heterocycles. The van der Waals surface area contributed by atoms with Gasteiger partial charge in [0, 0.05) is 11.3 Å². The van der Waals surface area contributed by atoms with E-state index in [1.165, 1.54) is 11.3 Å². The van der Waals surface area contributed by atoms with Crippen molar-refractivity contribution in [1.29, 1.82) is 0 Å². The van der Waals surface area contributed by atoms with E-state index in [0.717, 1.165) is 12.8 Å². The number of thiazole rings is 1. The number of carboxylic acids is 1. The van der Waals surface area contributed by atoms with Gasteiger partial charge in [-0.05, 0) is 12.8 Å². The van der Waals surface area contributed by atoms with Crippen LogP contribution in [0.3, 0.4) is 0 Å². The van der Waals surface area contributed by atoms with Gasteiger partial charge in [-0.2, -0.15) is 0 Å². The topological polar surface area (TPSA) is 108 Å². The van der Waals surface area contributed by atoms with Gasteiger partial charge in [0.2, 0.25) is 11.8 Å². The van der Waals surface area contributed by atoms with Gasteiger partial charge in [-0.25, -0.2) is 9.78 Å². The van der Waals surface area contributed by atoms with Gasteiger partial charge in [0.15, 0.2) is 5.13 Å². The molecule has 7 nitrogen and oxygen atoms in total. The molecule has 1 aliphatic rings. The fourth-order valence-corrected chi connectivity index (χ4v) is 3.25. The summed E-state index contributed by atoms with van der Waals surface area (Å²) in [5.74, 6) is -1.62. The summed E-state index contributed by atoms with van der Waals surface area (Å²) in [6.07, 6.45) is 2.52. The summed E-state index contributed by atoms with van der Waals surface area (Å²) in [4.78, 5) is 39.3. The van der Waals surface area contributed by atoms with Crippen molar-refractivity contribution in [1.82, 2.24) is 10.3 Å². The molecule has 2 amide bonds. The van der Waals surface area contributed by atoms with Crippen LogP contribution in [0.5, 0.6) is 0 Å². The molecule has 3 N–H and O–H groups in total. The largest absolute Gasteiger partial charge is 0.480 e. The predicted octanol–water partition coefficient (Wildman–Crippen LogP) is 1.79. The Morgan fingerprint density at radius 3 is 2.57 bits per heavy atom. The van der Waals surface area contributed by atoms with Crippen LogP contribution in [-0.4, -0.2) is 33.4 Å². The maximum atomic E-state index is 12.1. The Balaban J connectivity index is 1.94. The molecule has 1 aromatic rings. The number of aliphatic carboxylic acids is 1. The number of carboxylic acid groups (broad SMARTS) is 1. The fraction of sp³-hybridized carbons (Fsp3) is 0.600. The summed E-state index contributed by atoms with van der Waals surface area (Å²) in [7, 11) is 0. The summed E-state index contributed by atoms with van der Waals surface area (Å²) in [5.41, 5.74) is -0.619. The van der Waals surface area contributed by atoms with E-state index in [4.69, 9.17) is 0 Å². The molecule has 0 radical (unpaired) electrons. The number of carbonyl (C=O) groups excluding carboxylic acids is 2. The lowest BCUT2D eigenvalue weighted by molar-refractivity contribution is -0.147. The van der Waals surface area contributed by atoms with Gasteiger partial charge in [0.25, 0.3) is 0 Å². The Bertz CT molecular complexity index is 606. The van der Waals surface area contributed by atoms with Crippen molar-refractivity contribution >= 4 is 34.3 Å². The summed E-state index contributed by atoms with van der Waals surface area (Å²) >= 11 is 1.25. The van der Waals surface area contributed by atoms with Crippen molar-refractivity contribution < 1.29 is 19.5 Å². The normalized spacial score (nSPS) is 16.3. The fourth-order valence-electron chi connectivity index (χ4n) is 2.54. The van der Waals surface area contributed by atoms with Gasteiger partial charge in [-0.3, -0.25) is 9.59 Å². The molecule has 0 spiro atoms. The van der Waals surface area contributed by atoms with Gasteiger partial charge in [-0.15, -0.1) is 11.3 Å². The van der Waals surface area contributed by atoms with Gasteiger partial charge in [-0.1, -0.05) is 26.7 Å². The molecule has 1 saturated carbocycles. The second-order valence-corrected chi connectivity index (χ2v) is 6.97. The first-order valence-electron chi connectivity index (χ1n) is 7.62. The highest BCUT2D eigenvalue weighted by Gasteiger charge is 2.42. The van der Waals surface area contributed by atoms with E-state index in [-0.39, 0.29) is 24.2 Å². The first-order chi connectivity index (χ1) is 10.8. The Labute approximate surface area is 138 Å². The number of hydrogen-bond acceptors (Lipinski definition) is 5. The van der Waals surface area contributed by atoms with Crippen LogP contribution in [-0.2, 0) is 20.8 Å². The predicted molar refractivity (Wildman–Crippen MR) is 86.3 cm³/mol. The van der Waals surface area contributed by atoms with Crippen LogP contribution >= 0.6 is 11.3 Å². The lowest BCUT2D eigenvalue weighted by Gasteiger charge is -2.25. The molecule has 1 fully saturated rings. The zero-order valence-electron chi connectivity index (χ0n) is 13.2. The number of amides is 2. The van der Waals surface area contributed by atoms with Gasteiger partial charge < -0.3 is 15.7 Å². The van der Waals surface area contributed by atoms with Crippen LogP contribution in [0.4, 0.5) is 5.13 Å². The Hall–Kier alpha value is -1.96. The van der Waals surface area contributed by atoms with Crippen molar-refractivity contribution in [3.8, 4) is 0 Å². The lowest BCUT2D eigenvalue weighted by atomic mass is 9.97. The minimum atomic E-state index is -1.14. The van der Waals surface area contributed by atoms with E-state index < -0.39 is 11.5 Å². The zero-order chi connectivity index (χ0) is 17.0. The van der Waals surface area contributed by atoms with Crippen LogP contribution in [0.15, 0.2) is 5.38 Å². The van der Waals surface area contributed by atoms with E-state index in [1.54, 1.807) is 19.2 Å². The maximum Gasteiger partial charge on any atom is 0.329 e. The second kappa shape index (κ2) is 7.08. The number of carbonyl (C=O) groups is 3. The highest BCUT2D eigenvalue weighted by Crippen LogP contribution is 2.30. The molecular weight excluding hydrogens is 318 g/mol. The first kappa shape index (κ1) is 17.4. The van der Waals surface area contributed by atoms with E-state index in [2.05, 4.69) is 15.6 Å². The van der Waals surface area contributed by atoms with Gasteiger partial charge in [0.05, 0.1) is 12.1 Å². The molecule has 126 valence electrons. The minimum Gasteiger partial charge on any atom is -0.480 e. The van der Waals surface area contributed by atoms with Gasteiger partial charge in [0.1, 0.15) is 5.54 Å². The first-order valence-corrected chi connectivity index (χ1v) is 8.50. The average Bonchev–Trinajstić information content (AvgIpc) is 3.09. The smallest absolute Gasteiger partial charge is 0.329 e. The number of anilines is 1. The summed E-state index contributed by atoms with van der Waals surface area (Å²) in [6.45, 7) is 3.56. The second-order valence-electron chi connectivity index (χ2n) is 6.11. The van der Waals surface area contributed by atoms with E-state index >= 15 is 0 Å². The van der Waals surface area contributed by atoms with Crippen molar-refractivity contribution in [3.05, 3.63) is 11.1 Å². The number of nitrogens with one attached hydrogen (secondary N) is 2. The molecule has 23 heavy (non-hydrogen) atoms. The molecule has 2 rings (SSSR count). The summed E-state index contributed by atoms with van der Waals surface area (Å²) < 4.78 is 0. The van der Waals surface area contributed by atoms with E-state index in [0.29, 0.717) is 23.7 Å². The molecule has 0 saturated heterocycles. The van der Waals surface area contributed by atoms with Crippen LogP contribution < -0.4 is 10.6 Å².